The molecule has 0 aromatic carbocycles. The molecule has 0 aromatic rings. The molecule has 3 heteroatoms. The molecule has 178 valence electrons. The maximum Gasteiger partial charge on any atom is 0.0425 e. The monoisotopic (exact) mass is 481 g/mol. The number of hydrogen-bond acceptors (Lipinski definition) is 1. The Balaban J connectivity index is 0. The van der Waals surface area contributed by atoms with E-state index in [1.54, 1.807) is 0 Å². The fourth-order valence-corrected chi connectivity index (χ4v) is 10.5. The Kier molecular flexibility index (Phi) is 19.6. The molecule has 0 amide bonds. The van der Waals surface area contributed by atoms with Crippen LogP contribution in [0.3, 0.4) is 0 Å². The molecule has 1 aliphatic rings. The minimum atomic E-state index is -1.35. The second-order valence-corrected chi connectivity index (χ2v) is 13.5. The van der Waals surface area contributed by atoms with Crippen molar-refractivity contribution in [1.82, 2.24) is 0 Å². The van der Waals surface area contributed by atoms with Crippen LogP contribution in [0.4, 0.5) is 0 Å². The summed E-state index contributed by atoms with van der Waals surface area (Å²) in [6, 6.07) is 0. The summed E-state index contributed by atoms with van der Waals surface area (Å²) >= 11 is 0. The van der Waals surface area contributed by atoms with Crippen molar-refractivity contribution >= 4 is 7.05 Å². The summed E-state index contributed by atoms with van der Waals surface area (Å²) in [4.78, 5) is 0. The second-order valence-electron chi connectivity index (χ2n) is 9.04. The summed E-state index contributed by atoms with van der Waals surface area (Å²) in [6.07, 6.45) is 19.8. The smallest absolute Gasteiger partial charge is 0.0425 e. The van der Waals surface area contributed by atoms with Gasteiger partial charge in [-0.2, -0.15) is 0 Å². The summed E-state index contributed by atoms with van der Waals surface area (Å²) < 4.78 is 5.57. The third-order valence-corrected chi connectivity index (χ3v) is 12.4. The molecule has 1 rings (SSSR count). The number of hydrogen-bond donors (Lipinski definition) is 0. The SMILES string of the molecule is CC=C(C)C(C)=CC.CCCC(C)P(=NC1=CC=CC1)(C(C)CCC)C(C)CCC.[Ti]. The molecule has 0 saturated heterocycles. The number of nitrogens with zero attached hydrogens (tertiary/aromatic N) is 1. The van der Waals surface area contributed by atoms with Crippen LogP contribution in [0.2, 0.25) is 0 Å². The average molecular weight is 482 g/mol. The van der Waals surface area contributed by atoms with Gasteiger partial charge in [-0.25, -0.2) is 0 Å². The molecule has 0 aliphatic heterocycles. The molecule has 1 aliphatic carbocycles. The van der Waals surface area contributed by atoms with E-state index in [-0.39, 0.29) is 21.7 Å². The number of allylic oxidation sites excluding steroid dienone is 7. The third kappa shape index (κ3) is 10.6. The van der Waals surface area contributed by atoms with Gasteiger partial charge in [-0.15, -0.1) is 0 Å². The minimum absolute atomic E-state index is 0. The molecular formula is C28H52NPTi. The maximum atomic E-state index is 5.57. The van der Waals surface area contributed by atoms with Gasteiger partial charge in [0.05, 0.1) is 0 Å². The first-order chi connectivity index (χ1) is 14.2. The standard InChI is InChI=1S/C20H38NP.C8H14.Ti/c1-7-12-17(4)22(18(5)13-8-2,19(6)14-9-3)21-20-15-10-11-16-20;1-5-7(3)8(4)6-2;/h10-11,15,17-19H,7-9,12-14,16H2,1-6H3;5-6H,1-4H3;. The predicted octanol–water partition coefficient (Wildman–Crippen LogP) is 10.5. The Morgan fingerprint density at radius 2 is 1.26 bits per heavy atom. The van der Waals surface area contributed by atoms with Crippen LogP contribution in [0.25, 0.3) is 0 Å². The van der Waals surface area contributed by atoms with E-state index in [4.69, 9.17) is 4.74 Å². The molecular weight excluding hydrogens is 429 g/mol. The van der Waals surface area contributed by atoms with Crippen LogP contribution >= 0.6 is 7.05 Å². The van der Waals surface area contributed by atoms with Gasteiger partial charge in [0.1, 0.15) is 0 Å². The molecule has 0 heterocycles. The van der Waals surface area contributed by atoms with E-state index in [0.717, 1.165) is 23.4 Å². The van der Waals surface area contributed by atoms with Crippen molar-refractivity contribution in [2.24, 2.45) is 4.74 Å². The van der Waals surface area contributed by atoms with E-state index in [2.05, 4.69) is 99.6 Å². The second kappa shape index (κ2) is 18.3. The van der Waals surface area contributed by atoms with Crippen molar-refractivity contribution in [2.75, 3.05) is 0 Å². The van der Waals surface area contributed by atoms with Gasteiger partial charge < -0.3 is 0 Å². The van der Waals surface area contributed by atoms with Gasteiger partial charge in [-0.05, 0) is 77.1 Å². The molecule has 31 heavy (non-hydrogen) atoms. The number of rotatable bonds is 11. The Hall–Kier alpha value is -0.0957. The van der Waals surface area contributed by atoms with Crippen LogP contribution < -0.4 is 0 Å². The van der Waals surface area contributed by atoms with Crippen LogP contribution in [-0.2, 0) is 21.7 Å². The van der Waals surface area contributed by atoms with E-state index in [0.29, 0.717) is 0 Å². The molecule has 1 nitrogen and oxygen atoms in total. The summed E-state index contributed by atoms with van der Waals surface area (Å²) in [5.74, 6) is 0. The van der Waals surface area contributed by atoms with E-state index in [1.165, 1.54) is 55.4 Å². The Labute approximate surface area is 211 Å². The molecule has 0 spiro atoms. The zero-order valence-corrected chi connectivity index (χ0v) is 24.9. The molecule has 0 bridgehead atoms. The van der Waals surface area contributed by atoms with E-state index in [1.807, 2.05) is 0 Å². The molecule has 3 unspecified atom stereocenters. The molecule has 3 atom stereocenters. The first-order valence-corrected chi connectivity index (χ1v) is 14.4. The van der Waals surface area contributed by atoms with Crippen molar-refractivity contribution in [2.45, 2.75) is 131 Å². The zero-order chi connectivity index (χ0) is 23.2. The first-order valence-electron chi connectivity index (χ1n) is 12.5. The van der Waals surface area contributed by atoms with Crippen molar-refractivity contribution in [3.05, 3.63) is 47.2 Å². The quantitative estimate of drug-likeness (QED) is 0.158. The van der Waals surface area contributed by atoms with Crippen LogP contribution in [0.1, 0.15) is 114 Å². The summed E-state index contributed by atoms with van der Waals surface area (Å²) in [6.45, 7) is 22.9. The van der Waals surface area contributed by atoms with Crippen molar-refractivity contribution in [3.63, 3.8) is 0 Å². The average Bonchev–Trinajstić information content (AvgIpc) is 3.24. The van der Waals surface area contributed by atoms with Gasteiger partial charge >= 0.3 is 0 Å². The van der Waals surface area contributed by atoms with Crippen LogP contribution in [0.15, 0.2) is 52.0 Å². The zero-order valence-electron chi connectivity index (χ0n) is 22.5. The minimum Gasteiger partial charge on any atom is -0.271 e. The molecule has 0 saturated carbocycles. The Bertz CT molecular complexity index is 600. The fourth-order valence-electron chi connectivity index (χ4n) is 4.66. The Morgan fingerprint density at radius 3 is 1.52 bits per heavy atom. The van der Waals surface area contributed by atoms with E-state index >= 15 is 0 Å². The third-order valence-electron chi connectivity index (χ3n) is 6.78. The van der Waals surface area contributed by atoms with Crippen molar-refractivity contribution in [1.29, 1.82) is 0 Å². The van der Waals surface area contributed by atoms with Crippen LogP contribution in [0, 0.1) is 0 Å². The summed E-state index contributed by atoms with van der Waals surface area (Å²) in [5, 5.41) is 0. The predicted molar refractivity (Wildman–Crippen MR) is 143 cm³/mol. The van der Waals surface area contributed by atoms with E-state index < -0.39 is 7.05 Å². The topological polar surface area (TPSA) is 12.4 Å². The van der Waals surface area contributed by atoms with Gasteiger partial charge in [-0.3, -0.25) is 4.74 Å². The van der Waals surface area contributed by atoms with Gasteiger partial charge in [0.2, 0.25) is 0 Å². The Morgan fingerprint density at radius 1 is 0.871 bits per heavy atom. The summed E-state index contributed by atoms with van der Waals surface area (Å²) in [5.41, 5.74) is 6.38. The van der Waals surface area contributed by atoms with Gasteiger partial charge in [0.15, 0.2) is 0 Å². The van der Waals surface area contributed by atoms with Crippen molar-refractivity contribution in [3.8, 4) is 0 Å². The van der Waals surface area contributed by atoms with Gasteiger partial charge in [0, 0.05) is 33.8 Å². The van der Waals surface area contributed by atoms with Gasteiger partial charge in [-0.1, -0.05) is 96.3 Å². The first kappa shape index (κ1) is 33.1. The maximum absolute atomic E-state index is 5.57. The van der Waals surface area contributed by atoms with Crippen LogP contribution in [0.5, 0.6) is 0 Å². The molecule has 0 N–H and O–H groups in total. The fraction of sp³-hybridized carbons (Fsp3) is 0.714. The normalized spacial score (nSPS) is 18.7. The summed E-state index contributed by atoms with van der Waals surface area (Å²) in [7, 11) is -1.35. The molecule has 0 fully saturated rings. The van der Waals surface area contributed by atoms with Crippen molar-refractivity contribution < 1.29 is 21.7 Å². The molecule has 0 aromatic heterocycles. The van der Waals surface area contributed by atoms with Crippen LogP contribution in [-0.4, -0.2) is 17.0 Å². The largest absolute Gasteiger partial charge is 0.271 e. The van der Waals surface area contributed by atoms with E-state index in [9.17, 15) is 0 Å². The van der Waals surface area contributed by atoms with Gasteiger partial charge in [0.25, 0.3) is 0 Å². The molecule has 0 radical (unpaired) electrons.